The van der Waals surface area contributed by atoms with Gasteiger partial charge in [-0.25, -0.2) is 4.39 Å². The van der Waals surface area contributed by atoms with Crippen molar-refractivity contribution in [3.05, 3.63) is 59.4 Å². The smallest absolute Gasteiger partial charge is 0.130 e. The quantitative estimate of drug-likeness (QED) is 0.864. The summed E-state index contributed by atoms with van der Waals surface area (Å²) < 4.78 is 19.4. The standard InChI is InChI=1S/C17H20FNO/c1-3-12(2)16-6-4-5-7-17(16)20-15-9-13(11-19)8-14(18)10-15/h4-10,12H,3,11,19H2,1-2H3. The van der Waals surface area contributed by atoms with Crippen LogP contribution >= 0.6 is 0 Å². The Labute approximate surface area is 119 Å². The van der Waals surface area contributed by atoms with E-state index in [1.807, 2.05) is 24.3 Å². The summed E-state index contributed by atoms with van der Waals surface area (Å²) in [6, 6.07) is 12.5. The highest BCUT2D eigenvalue weighted by Gasteiger charge is 2.11. The van der Waals surface area contributed by atoms with Crippen molar-refractivity contribution in [2.75, 3.05) is 0 Å². The number of nitrogens with two attached hydrogens (primary N) is 1. The van der Waals surface area contributed by atoms with Crippen molar-refractivity contribution in [1.29, 1.82) is 0 Å². The molecule has 0 fully saturated rings. The number of halogens is 1. The Balaban J connectivity index is 2.32. The molecule has 20 heavy (non-hydrogen) atoms. The maximum absolute atomic E-state index is 13.5. The van der Waals surface area contributed by atoms with Gasteiger partial charge in [0.15, 0.2) is 0 Å². The zero-order valence-corrected chi connectivity index (χ0v) is 11.9. The topological polar surface area (TPSA) is 35.2 Å². The van der Waals surface area contributed by atoms with Gasteiger partial charge in [0.2, 0.25) is 0 Å². The monoisotopic (exact) mass is 273 g/mol. The molecule has 0 aliphatic heterocycles. The average Bonchev–Trinajstić information content (AvgIpc) is 2.46. The highest BCUT2D eigenvalue weighted by Crippen LogP contribution is 2.32. The summed E-state index contributed by atoms with van der Waals surface area (Å²) in [4.78, 5) is 0. The first-order valence-corrected chi connectivity index (χ1v) is 6.90. The molecule has 0 spiro atoms. The Morgan fingerprint density at radius 1 is 1.20 bits per heavy atom. The third kappa shape index (κ3) is 3.36. The molecule has 0 amide bonds. The zero-order valence-electron chi connectivity index (χ0n) is 11.9. The normalized spacial score (nSPS) is 12.2. The van der Waals surface area contributed by atoms with Gasteiger partial charge in [-0.3, -0.25) is 0 Å². The summed E-state index contributed by atoms with van der Waals surface area (Å²) in [7, 11) is 0. The molecule has 2 rings (SSSR count). The van der Waals surface area contributed by atoms with Crippen molar-refractivity contribution in [2.45, 2.75) is 32.7 Å². The predicted octanol–water partition coefficient (Wildman–Crippen LogP) is 4.59. The van der Waals surface area contributed by atoms with Gasteiger partial charge in [-0.1, -0.05) is 32.0 Å². The molecule has 106 valence electrons. The van der Waals surface area contributed by atoms with E-state index in [1.54, 1.807) is 6.07 Å². The molecule has 1 unspecified atom stereocenters. The van der Waals surface area contributed by atoms with E-state index in [-0.39, 0.29) is 5.82 Å². The molecule has 0 aliphatic carbocycles. The molecule has 0 aliphatic rings. The molecule has 0 aromatic heterocycles. The first-order valence-electron chi connectivity index (χ1n) is 6.90. The first kappa shape index (κ1) is 14.5. The van der Waals surface area contributed by atoms with Gasteiger partial charge in [0.1, 0.15) is 17.3 Å². The minimum Gasteiger partial charge on any atom is -0.457 e. The van der Waals surface area contributed by atoms with Crippen molar-refractivity contribution < 1.29 is 9.13 Å². The third-order valence-corrected chi connectivity index (χ3v) is 3.46. The van der Waals surface area contributed by atoms with Crippen LogP contribution in [0.25, 0.3) is 0 Å². The molecule has 2 N–H and O–H groups in total. The summed E-state index contributed by atoms with van der Waals surface area (Å²) in [6.45, 7) is 4.58. The van der Waals surface area contributed by atoms with Crippen LogP contribution in [0, 0.1) is 5.82 Å². The number of hydrogen-bond donors (Lipinski definition) is 1. The Morgan fingerprint density at radius 3 is 2.65 bits per heavy atom. The van der Waals surface area contributed by atoms with Crippen molar-refractivity contribution >= 4 is 0 Å². The molecule has 2 aromatic rings. The zero-order chi connectivity index (χ0) is 14.5. The molecule has 1 atom stereocenters. The molecule has 0 saturated heterocycles. The van der Waals surface area contributed by atoms with Crippen molar-refractivity contribution in [3.8, 4) is 11.5 Å². The average molecular weight is 273 g/mol. The SMILES string of the molecule is CCC(C)c1ccccc1Oc1cc(F)cc(CN)c1. The lowest BCUT2D eigenvalue weighted by molar-refractivity contribution is 0.464. The highest BCUT2D eigenvalue weighted by molar-refractivity contribution is 5.40. The van der Waals surface area contributed by atoms with E-state index in [0.29, 0.717) is 18.2 Å². The fraction of sp³-hybridized carbons (Fsp3) is 0.294. The van der Waals surface area contributed by atoms with Gasteiger partial charge in [0.05, 0.1) is 0 Å². The van der Waals surface area contributed by atoms with Crippen molar-refractivity contribution in [2.24, 2.45) is 5.73 Å². The number of hydrogen-bond acceptors (Lipinski definition) is 2. The van der Waals surface area contributed by atoms with Gasteiger partial charge in [0, 0.05) is 12.6 Å². The Morgan fingerprint density at radius 2 is 1.95 bits per heavy atom. The highest BCUT2D eigenvalue weighted by atomic mass is 19.1. The van der Waals surface area contributed by atoms with Gasteiger partial charge in [-0.05, 0) is 41.7 Å². The molecule has 0 radical (unpaired) electrons. The summed E-state index contributed by atoms with van der Waals surface area (Å²) in [6.07, 6.45) is 1.03. The van der Waals surface area contributed by atoms with Gasteiger partial charge in [0.25, 0.3) is 0 Å². The third-order valence-electron chi connectivity index (χ3n) is 3.46. The van der Waals surface area contributed by atoms with E-state index >= 15 is 0 Å². The molecule has 0 bridgehead atoms. The fourth-order valence-corrected chi connectivity index (χ4v) is 2.12. The number of para-hydroxylation sites is 1. The van der Waals surface area contributed by atoms with Crippen molar-refractivity contribution in [3.63, 3.8) is 0 Å². The van der Waals surface area contributed by atoms with E-state index in [0.717, 1.165) is 23.3 Å². The van der Waals surface area contributed by atoms with Crippen LogP contribution in [0.4, 0.5) is 4.39 Å². The predicted molar refractivity (Wildman–Crippen MR) is 79.5 cm³/mol. The van der Waals surface area contributed by atoms with Crippen LogP contribution in [-0.2, 0) is 6.54 Å². The summed E-state index contributed by atoms with van der Waals surface area (Å²) in [5.74, 6) is 1.33. The van der Waals surface area contributed by atoms with Crippen LogP contribution < -0.4 is 10.5 Å². The second-order valence-electron chi connectivity index (χ2n) is 4.95. The Bertz CT molecular complexity index is 583. The van der Waals surface area contributed by atoms with E-state index in [2.05, 4.69) is 13.8 Å². The van der Waals surface area contributed by atoms with Gasteiger partial charge in [-0.2, -0.15) is 0 Å². The largest absolute Gasteiger partial charge is 0.457 e. The Hall–Kier alpha value is -1.87. The van der Waals surface area contributed by atoms with Crippen LogP contribution in [0.15, 0.2) is 42.5 Å². The van der Waals surface area contributed by atoms with Gasteiger partial charge >= 0.3 is 0 Å². The van der Waals surface area contributed by atoms with E-state index in [1.165, 1.54) is 12.1 Å². The molecule has 3 heteroatoms. The summed E-state index contributed by atoms with van der Waals surface area (Å²) >= 11 is 0. The lowest BCUT2D eigenvalue weighted by atomic mass is 9.98. The fourth-order valence-electron chi connectivity index (χ4n) is 2.12. The van der Waals surface area contributed by atoms with Crippen LogP contribution in [0.5, 0.6) is 11.5 Å². The van der Waals surface area contributed by atoms with Crippen LogP contribution in [0.1, 0.15) is 37.3 Å². The summed E-state index contributed by atoms with van der Waals surface area (Å²) in [5.41, 5.74) is 7.41. The van der Waals surface area contributed by atoms with Crippen molar-refractivity contribution in [1.82, 2.24) is 0 Å². The minimum atomic E-state index is -0.330. The van der Waals surface area contributed by atoms with Gasteiger partial charge < -0.3 is 10.5 Å². The number of rotatable bonds is 5. The van der Waals surface area contributed by atoms with Gasteiger partial charge in [-0.15, -0.1) is 0 Å². The Kier molecular flexibility index (Phi) is 4.74. The van der Waals surface area contributed by atoms with Crippen LogP contribution in [-0.4, -0.2) is 0 Å². The summed E-state index contributed by atoms with van der Waals surface area (Å²) in [5, 5.41) is 0. The molecular weight excluding hydrogens is 253 g/mol. The molecule has 0 heterocycles. The second-order valence-corrected chi connectivity index (χ2v) is 4.95. The molecular formula is C17H20FNO. The minimum absolute atomic E-state index is 0.293. The van der Waals surface area contributed by atoms with Crippen LogP contribution in [0.2, 0.25) is 0 Å². The molecule has 2 nitrogen and oxygen atoms in total. The van der Waals surface area contributed by atoms with E-state index in [9.17, 15) is 4.39 Å². The number of benzene rings is 2. The molecule has 0 saturated carbocycles. The van der Waals surface area contributed by atoms with E-state index < -0.39 is 0 Å². The van der Waals surface area contributed by atoms with E-state index in [4.69, 9.17) is 10.5 Å². The second kappa shape index (κ2) is 6.53. The van der Waals surface area contributed by atoms with Crippen LogP contribution in [0.3, 0.4) is 0 Å². The molecule has 2 aromatic carbocycles. The maximum Gasteiger partial charge on any atom is 0.130 e. The lowest BCUT2D eigenvalue weighted by Crippen LogP contribution is -1.99. The first-order chi connectivity index (χ1) is 9.63. The maximum atomic E-state index is 13.5. The lowest BCUT2D eigenvalue weighted by Gasteiger charge is -2.15. The number of ether oxygens (including phenoxy) is 1.